The lowest BCUT2D eigenvalue weighted by Gasteiger charge is -2.03. The van der Waals surface area contributed by atoms with Gasteiger partial charge in [0, 0.05) is 24.9 Å². The molecule has 7 heteroatoms. The molecule has 0 saturated carbocycles. The van der Waals surface area contributed by atoms with Gasteiger partial charge in [-0.05, 0) is 12.1 Å². The summed E-state index contributed by atoms with van der Waals surface area (Å²) in [6, 6.07) is 4.57. The van der Waals surface area contributed by atoms with Gasteiger partial charge >= 0.3 is 0 Å². The van der Waals surface area contributed by atoms with Gasteiger partial charge in [-0.2, -0.15) is 5.10 Å². The molecule has 88 valence electrons. The van der Waals surface area contributed by atoms with Gasteiger partial charge in [0.05, 0.1) is 0 Å². The minimum Gasteiger partial charge on any atom is -0.384 e. The van der Waals surface area contributed by atoms with Crippen LogP contribution in [0.1, 0.15) is 10.4 Å². The number of hydrogen-bond acceptors (Lipinski definition) is 4. The molecule has 0 atom stereocenters. The van der Waals surface area contributed by atoms with E-state index in [0.717, 1.165) is 0 Å². The molecular weight excluding hydrogens is 242 g/mol. The van der Waals surface area contributed by atoms with Crippen LogP contribution in [-0.4, -0.2) is 20.7 Å². The van der Waals surface area contributed by atoms with E-state index in [2.05, 4.69) is 15.4 Å². The summed E-state index contributed by atoms with van der Waals surface area (Å²) in [7, 11) is 1.76. The van der Waals surface area contributed by atoms with Crippen molar-refractivity contribution in [2.45, 2.75) is 0 Å². The van der Waals surface area contributed by atoms with E-state index >= 15 is 0 Å². The zero-order valence-corrected chi connectivity index (χ0v) is 9.77. The number of rotatable bonds is 2. The molecule has 0 unspecified atom stereocenters. The zero-order chi connectivity index (χ0) is 12.4. The summed E-state index contributed by atoms with van der Waals surface area (Å²) in [5.74, 6) is 0.326. The van der Waals surface area contributed by atoms with Gasteiger partial charge in [0.15, 0.2) is 5.82 Å². The number of carbonyl (C=O) groups excluding carboxylic acids is 1. The largest absolute Gasteiger partial charge is 0.384 e. The van der Waals surface area contributed by atoms with Gasteiger partial charge < -0.3 is 11.1 Å². The van der Waals surface area contributed by atoms with Crippen molar-refractivity contribution in [1.29, 1.82) is 0 Å². The van der Waals surface area contributed by atoms with E-state index in [0.29, 0.717) is 11.4 Å². The first-order chi connectivity index (χ1) is 8.04. The molecule has 1 amide bonds. The number of anilines is 2. The second kappa shape index (κ2) is 4.42. The molecule has 0 aromatic carbocycles. The number of hydrogen-bond donors (Lipinski definition) is 2. The van der Waals surface area contributed by atoms with E-state index in [1.807, 2.05) is 0 Å². The predicted octanol–water partition coefficient (Wildman–Crippen LogP) is 1.30. The Morgan fingerprint density at radius 2 is 2.29 bits per heavy atom. The van der Waals surface area contributed by atoms with E-state index in [-0.39, 0.29) is 16.9 Å². The maximum absolute atomic E-state index is 11.8. The first-order valence-electron chi connectivity index (χ1n) is 4.78. The normalized spacial score (nSPS) is 10.2. The van der Waals surface area contributed by atoms with Gasteiger partial charge in [-0.1, -0.05) is 11.6 Å². The average Bonchev–Trinajstić information content (AvgIpc) is 2.62. The monoisotopic (exact) mass is 251 g/mol. The van der Waals surface area contributed by atoms with Crippen LogP contribution in [0.25, 0.3) is 0 Å². The molecule has 2 heterocycles. The third-order valence-electron chi connectivity index (χ3n) is 2.03. The third-order valence-corrected chi connectivity index (χ3v) is 2.22. The molecule has 3 N–H and O–H groups in total. The highest BCUT2D eigenvalue weighted by Gasteiger charge is 2.09. The van der Waals surface area contributed by atoms with Crippen LogP contribution in [0.5, 0.6) is 0 Å². The van der Waals surface area contributed by atoms with Crippen LogP contribution >= 0.6 is 11.6 Å². The lowest BCUT2D eigenvalue weighted by Crippen LogP contribution is -2.13. The molecule has 0 aliphatic heterocycles. The van der Waals surface area contributed by atoms with E-state index in [4.69, 9.17) is 17.3 Å². The van der Waals surface area contributed by atoms with Crippen LogP contribution in [0.3, 0.4) is 0 Å². The number of carbonyl (C=O) groups is 1. The van der Waals surface area contributed by atoms with Crippen molar-refractivity contribution < 1.29 is 4.79 Å². The molecule has 0 radical (unpaired) electrons. The molecule has 0 aliphatic rings. The summed E-state index contributed by atoms with van der Waals surface area (Å²) in [4.78, 5) is 15.6. The molecular formula is C10H10ClN5O. The Hall–Kier alpha value is -2.08. The maximum atomic E-state index is 11.8. The molecule has 0 aliphatic carbocycles. The molecule has 17 heavy (non-hydrogen) atoms. The second-order valence-corrected chi connectivity index (χ2v) is 3.82. The van der Waals surface area contributed by atoms with Crippen molar-refractivity contribution in [3.8, 4) is 0 Å². The average molecular weight is 252 g/mol. The Labute approximate surface area is 102 Å². The van der Waals surface area contributed by atoms with Crippen molar-refractivity contribution in [1.82, 2.24) is 14.8 Å². The second-order valence-electron chi connectivity index (χ2n) is 3.43. The highest BCUT2D eigenvalue weighted by molar-refractivity contribution is 6.30. The zero-order valence-electron chi connectivity index (χ0n) is 9.01. The molecule has 2 aromatic rings. The van der Waals surface area contributed by atoms with Gasteiger partial charge in [0.25, 0.3) is 5.91 Å². The van der Waals surface area contributed by atoms with Crippen LogP contribution in [0, 0.1) is 0 Å². The SMILES string of the molecule is Cn1ccc(NC(=O)c2cc(N)nc(Cl)c2)n1. The van der Waals surface area contributed by atoms with Crippen molar-refractivity contribution in [3.05, 3.63) is 35.1 Å². The van der Waals surface area contributed by atoms with E-state index < -0.39 is 0 Å². The molecule has 2 rings (SSSR count). The fraction of sp³-hybridized carbons (Fsp3) is 0.100. The standard InChI is InChI=1S/C10H10ClN5O/c1-16-3-2-9(15-16)14-10(17)6-4-7(11)13-8(12)5-6/h2-5H,1H3,(H2,12,13)(H,14,15,17). The Bertz CT molecular complexity index is 545. The van der Waals surface area contributed by atoms with Crippen molar-refractivity contribution in [2.75, 3.05) is 11.1 Å². The van der Waals surface area contributed by atoms with Gasteiger partial charge in [-0.15, -0.1) is 0 Å². The minimum absolute atomic E-state index is 0.177. The number of aromatic nitrogens is 3. The summed E-state index contributed by atoms with van der Waals surface area (Å²) in [5.41, 5.74) is 5.84. The van der Waals surface area contributed by atoms with Crippen molar-refractivity contribution >= 4 is 29.1 Å². The van der Waals surface area contributed by atoms with Gasteiger partial charge in [-0.25, -0.2) is 4.98 Å². The minimum atomic E-state index is -0.334. The molecule has 0 bridgehead atoms. The number of nitrogens with two attached hydrogens (primary N) is 1. The fourth-order valence-electron chi connectivity index (χ4n) is 1.32. The Morgan fingerprint density at radius 1 is 1.53 bits per heavy atom. The first-order valence-corrected chi connectivity index (χ1v) is 5.16. The Morgan fingerprint density at radius 3 is 2.88 bits per heavy atom. The van der Waals surface area contributed by atoms with Crippen LogP contribution in [0.2, 0.25) is 5.15 Å². The van der Waals surface area contributed by atoms with Gasteiger partial charge in [0.1, 0.15) is 11.0 Å². The molecule has 0 spiro atoms. The number of nitrogens with zero attached hydrogens (tertiary/aromatic N) is 3. The first kappa shape index (κ1) is 11.4. The smallest absolute Gasteiger partial charge is 0.257 e. The summed E-state index contributed by atoms with van der Waals surface area (Å²) in [6.45, 7) is 0. The van der Waals surface area contributed by atoms with E-state index in [1.54, 1.807) is 24.0 Å². The molecule has 2 aromatic heterocycles. The number of nitrogen functional groups attached to an aromatic ring is 1. The van der Waals surface area contributed by atoms with Crippen LogP contribution in [0.4, 0.5) is 11.6 Å². The molecule has 6 nitrogen and oxygen atoms in total. The lowest BCUT2D eigenvalue weighted by atomic mass is 10.2. The Balaban J connectivity index is 2.19. The van der Waals surface area contributed by atoms with E-state index in [1.165, 1.54) is 12.1 Å². The third kappa shape index (κ3) is 2.73. The fourth-order valence-corrected chi connectivity index (χ4v) is 1.53. The van der Waals surface area contributed by atoms with Gasteiger partial charge in [0.2, 0.25) is 0 Å². The Kier molecular flexibility index (Phi) is 2.97. The van der Waals surface area contributed by atoms with E-state index in [9.17, 15) is 4.79 Å². The highest BCUT2D eigenvalue weighted by atomic mass is 35.5. The topological polar surface area (TPSA) is 85.8 Å². The lowest BCUT2D eigenvalue weighted by molar-refractivity contribution is 0.102. The van der Waals surface area contributed by atoms with Gasteiger partial charge in [-0.3, -0.25) is 9.48 Å². The molecule has 0 fully saturated rings. The quantitative estimate of drug-likeness (QED) is 0.788. The highest BCUT2D eigenvalue weighted by Crippen LogP contribution is 2.13. The molecule has 0 saturated heterocycles. The van der Waals surface area contributed by atoms with Crippen LogP contribution in [0.15, 0.2) is 24.4 Å². The predicted molar refractivity (Wildman–Crippen MR) is 64.8 cm³/mol. The summed E-state index contributed by atoms with van der Waals surface area (Å²) in [6.07, 6.45) is 1.73. The number of amides is 1. The number of aryl methyl sites for hydroxylation is 1. The summed E-state index contributed by atoms with van der Waals surface area (Å²) in [5, 5.41) is 6.82. The van der Waals surface area contributed by atoms with Crippen LogP contribution in [-0.2, 0) is 7.05 Å². The number of nitrogens with one attached hydrogen (secondary N) is 1. The number of halogens is 1. The van der Waals surface area contributed by atoms with Crippen LogP contribution < -0.4 is 11.1 Å². The summed E-state index contributed by atoms with van der Waals surface area (Å²) >= 11 is 5.71. The van der Waals surface area contributed by atoms with Crippen molar-refractivity contribution in [3.63, 3.8) is 0 Å². The maximum Gasteiger partial charge on any atom is 0.257 e. The summed E-state index contributed by atoms with van der Waals surface area (Å²) < 4.78 is 1.59. The van der Waals surface area contributed by atoms with Crippen molar-refractivity contribution in [2.24, 2.45) is 7.05 Å². The number of pyridine rings is 1.